The number of hydrogen-bond acceptors (Lipinski definition) is 4. The summed E-state index contributed by atoms with van der Waals surface area (Å²) in [6, 6.07) is 0.693. The summed E-state index contributed by atoms with van der Waals surface area (Å²) in [6.45, 7) is 8.79. The molecule has 1 heterocycles. The fraction of sp³-hybridized carbons (Fsp3) is 1.00. The number of nitrogens with zero attached hydrogens (tertiary/aromatic N) is 1. The maximum absolute atomic E-state index is 5.65. The van der Waals surface area contributed by atoms with Crippen LogP contribution in [0.3, 0.4) is 0 Å². The van der Waals surface area contributed by atoms with Gasteiger partial charge in [-0.05, 0) is 25.8 Å². The smallest absolute Gasteiger partial charge is 0.0701 e. The van der Waals surface area contributed by atoms with Crippen LogP contribution < -0.4 is 0 Å². The lowest BCUT2D eigenvalue weighted by Gasteiger charge is -2.34. The van der Waals surface area contributed by atoms with E-state index in [-0.39, 0.29) is 0 Å². The Hall–Kier alpha value is 0.320. The molecular formula is C16H32BrNO3. The molecule has 126 valence electrons. The summed E-state index contributed by atoms with van der Waals surface area (Å²) in [5.41, 5.74) is 0. The molecule has 4 nitrogen and oxygen atoms in total. The molecule has 1 saturated heterocycles. The van der Waals surface area contributed by atoms with Crippen molar-refractivity contribution < 1.29 is 14.2 Å². The van der Waals surface area contributed by atoms with E-state index in [0.29, 0.717) is 32.5 Å². The third-order valence-electron chi connectivity index (χ3n) is 3.84. The Labute approximate surface area is 138 Å². The summed E-state index contributed by atoms with van der Waals surface area (Å²) >= 11 is 3.61. The van der Waals surface area contributed by atoms with Crippen molar-refractivity contribution in [2.75, 3.05) is 58.1 Å². The van der Waals surface area contributed by atoms with Crippen molar-refractivity contribution in [3.05, 3.63) is 0 Å². The molecule has 1 atom stereocenters. The van der Waals surface area contributed by atoms with Crippen LogP contribution in [0, 0.1) is 0 Å². The first-order chi connectivity index (χ1) is 10.4. The Balaban J connectivity index is 1.83. The van der Waals surface area contributed by atoms with Crippen molar-refractivity contribution in [2.24, 2.45) is 0 Å². The number of ether oxygens (including phenoxy) is 3. The highest BCUT2D eigenvalue weighted by molar-refractivity contribution is 9.09. The van der Waals surface area contributed by atoms with E-state index in [1.54, 1.807) is 0 Å². The second kappa shape index (κ2) is 13.9. The Morgan fingerprint density at radius 1 is 0.952 bits per heavy atom. The standard InChI is InChI=1S/C16H32BrNO3/c1-2-3-9-19-11-13-21-14-12-20-10-8-18-7-5-4-6-16(18)15-17/h16H,2-15H2,1H3. The van der Waals surface area contributed by atoms with Gasteiger partial charge in [0.25, 0.3) is 0 Å². The van der Waals surface area contributed by atoms with Crippen LogP contribution in [-0.4, -0.2) is 69.0 Å². The van der Waals surface area contributed by atoms with Crippen molar-refractivity contribution in [2.45, 2.75) is 45.1 Å². The zero-order valence-corrected chi connectivity index (χ0v) is 15.1. The highest BCUT2D eigenvalue weighted by Crippen LogP contribution is 2.17. The molecule has 21 heavy (non-hydrogen) atoms. The average molecular weight is 366 g/mol. The summed E-state index contributed by atoms with van der Waals surface area (Å²) in [7, 11) is 0. The molecule has 0 amide bonds. The van der Waals surface area contributed by atoms with E-state index in [1.807, 2.05) is 0 Å². The van der Waals surface area contributed by atoms with Gasteiger partial charge in [0.05, 0.1) is 33.0 Å². The topological polar surface area (TPSA) is 30.9 Å². The van der Waals surface area contributed by atoms with E-state index < -0.39 is 0 Å². The number of piperidine rings is 1. The molecule has 5 heteroatoms. The first-order valence-electron chi connectivity index (χ1n) is 8.41. The van der Waals surface area contributed by atoms with Gasteiger partial charge in [-0.1, -0.05) is 35.7 Å². The molecule has 0 N–H and O–H groups in total. The van der Waals surface area contributed by atoms with Crippen LogP contribution >= 0.6 is 15.9 Å². The van der Waals surface area contributed by atoms with Crippen LogP contribution in [0.1, 0.15) is 39.0 Å². The van der Waals surface area contributed by atoms with Crippen LogP contribution in [0.5, 0.6) is 0 Å². The molecule has 0 bridgehead atoms. The zero-order chi connectivity index (χ0) is 15.2. The second-order valence-corrected chi connectivity index (χ2v) is 6.18. The number of unbranched alkanes of at least 4 members (excludes halogenated alkanes) is 1. The quantitative estimate of drug-likeness (QED) is 0.370. The Morgan fingerprint density at radius 2 is 1.62 bits per heavy atom. The van der Waals surface area contributed by atoms with Gasteiger partial charge in [-0.15, -0.1) is 0 Å². The molecular weight excluding hydrogens is 334 g/mol. The summed E-state index contributed by atoms with van der Waals surface area (Å²) in [5, 5.41) is 1.08. The van der Waals surface area contributed by atoms with Crippen molar-refractivity contribution in [3.8, 4) is 0 Å². The molecule has 1 aliphatic heterocycles. The fourth-order valence-electron chi connectivity index (χ4n) is 2.50. The molecule has 0 aliphatic carbocycles. The van der Waals surface area contributed by atoms with Crippen LogP contribution in [-0.2, 0) is 14.2 Å². The Bertz CT molecular complexity index is 232. The molecule has 0 aromatic rings. The van der Waals surface area contributed by atoms with E-state index in [0.717, 1.165) is 31.5 Å². The van der Waals surface area contributed by atoms with Gasteiger partial charge in [0.1, 0.15) is 0 Å². The normalized spacial score (nSPS) is 20.0. The van der Waals surface area contributed by atoms with Gasteiger partial charge in [0, 0.05) is 24.5 Å². The molecule has 0 radical (unpaired) electrons. The number of likely N-dealkylation sites (tertiary alicyclic amines) is 1. The first-order valence-corrected chi connectivity index (χ1v) is 9.54. The zero-order valence-electron chi connectivity index (χ0n) is 13.5. The molecule has 1 fully saturated rings. The van der Waals surface area contributed by atoms with Crippen LogP contribution in [0.4, 0.5) is 0 Å². The number of hydrogen-bond donors (Lipinski definition) is 0. The molecule has 0 spiro atoms. The number of halogens is 1. The van der Waals surface area contributed by atoms with Crippen molar-refractivity contribution in [1.82, 2.24) is 4.90 Å². The largest absolute Gasteiger partial charge is 0.379 e. The Morgan fingerprint density at radius 3 is 2.29 bits per heavy atom. The number of rotatable bonds is 13. The van der Waals surface area contributed by atoms with Gasteiger partial charge < -0.3 is 14.2 Å². The van der Waals surface area contributed by atoms with Gasteiger partial charge in [-0.3, -0.25) is 4.90 Å². The molecule has 0 saturated carbocycles. The van der Waals surface area contributed by atoms with Crippen molar-refractivity contribution in [1.29, 1.82) is 0 Å². The van der Waals surface area contributed by atoms with Crippen molar-refractivity contribution in [3.63, 3.8) is 0 Å². The minimum absolute atomic E-state index is 0.666. The molecule has 1 rings (SSSR count). The number of alkyl halides is 1. The summed E-state index contributed by atoms with van der Waals surface area (Å²) in [5.74, 6) is 0. The predicted molar refractivity (Wildman–Crippen MR) is 90.4 cm³/mol. The summed E-state index contributed by atoms with van der Waals surface area (Å²) in [6.07, 6.45) is 6.31. The van der Waals surface area contributed by atoms with Crippen LogP contribution in [0.15, 0.2) is 0 Å². The van der Waals surface area contributed by atoms with E-state index in [9.17, 15) is 0 Å². The van der Waals surface area contributed by atoms with Gasteiger partial charge >= 0.3 is 0 Å². The van der Waals surface area contributed by atoms with E-state index in [1.165, 1.54) is 32.2 Å². The van der Waals surface area contributed by atoms with E-state index in [4.69, 9.17) is 14.2 Å². The van der Waals surface area contributed by atoms with Gasteiger partial charge in [0.15, 0.2) is 0 Å². The molecule has 0 aromatic heterocycles. The molecule has 0 aromatic carbocycles. The van der Waals surface area contributed by atoms with Crippen LogP contribution in [0.2, 0.25) is 0 Å². The minimum atomic E-state index is 0.666. The third-order valence-corrected chi connectivity index (χ3v) is 4.58. The summed E-state index contributed by atoms with van der Waals surface area (Å²) in [4.78, 5) is 2.54. The first kappa shape index (κ1) is 19.4. The highest BCUT2D eigenvalue weighted by atomic mass is 79.9. The van der Waals surface area contributed by atoms with Gasteiger partial charge in [-0.2, -0.15) is 0 Å². The fourth-order valence-corrected chi connectivity index (χ4v) is 3.23. The summed E-state index contributed by atoms with van der Waals surface area (Å²) < 4.78 is 16.6. The van der Waals surface area contributed by atoms with Crippen LogP contribution in [0.25, 0.3) is 0 Å². The van der Waals surface area contributed by atoms with E-state index in [2.05, 4.69) is 27.8 Å². The minimum Gasteiger partial charge on any atom is -0.379 e. The maximum Gasteiger partial charge on any atom is 0.0701 e. The lowest BCUT2D eigenvalue weighted by atomic mass is 10.0. The lowest BCUT2D eigenvalue weighted by molar-refractivity contribution is 0.00691. The predicted octanol–water partition coefficient (Wildman–Crippen LogP) is 3.09. The third kappa shape index (κ3) is 9.84. The molecule has 1 unspecified atom stereocenters. The second-order valence-electron chi connectivity index (χ2n) is 5.53. The van der Waals surface area contributed by atoms with E-state index >= 15 is 0 Å². The lowest BCUT2D eigenvalue weighted by Crippen LogP contribution is -2.42. The SMILES string of the molecule is CCCCOCCOCCOCCN1CCCCC1CBr. The Kier molecular flexibility index (Phi) is 12.9. The van der Waals surface area contributed by atoms with Gasteiger partial charge in [0.2, 0.25) is 0 Å². The average Bonchev–Trinajstić information content (AvgIpc) is 2.53. The molecule has 1 aliphatic rings. The maximum atomic E-state index is 5.65. The monoisotopic (exact) mass is 365 g/mol. The van der Waals surface area contributed by atoms with Gasteiger partial charge in [-0.25, -0.2) is 0 Å². The highest BCUT2D eigenvalue weighted by Gasteiger charge is 2.20. The van der Waals surface area contributed by atoms with Crippen molar-refractivity contribution >= 4 is 15.9 Å².